The van der Waals surface area contributed by atoms with E-state index in [1.165, 1.54) is 10.7 Å². The van der Waals surface area contributed by atoms with Gasteiger partial charge >= 0.3 is 6.09 Å². The summed E-state index contributed by atoms with van der Waals surface area (Å²) in [6.07, 6.45) is -0.565. The largest absolute Gasteiger partial charge is 0.507 e. The summed E-state index contributed by atoms with van der Waals surface area (Å²) in [5.74, 6) is 0.521. The van der Waals surface area contributed by atoms with Crippen molar-refractivity contribution in [1.29, 1.82) is 0 Å². The van der Waals surface area contributed by atoms with E-state index < -0.39 is 11.7 Å². The lowest BCUT2D eigenvalue weighted by molar-refractivity contribution is 0.0636. The van der Waals surface area contributed by atoms with Crippen LogP contribution in [0.15, 0.2) is 24.3 Å². The lowest BCUT2D eigenvalue weighted by Crippen LogP contribution is -2.27. The summed E-state index contributed by atoms with van der Waals surface area (Å²) in [6, 6.07) is 6.31. The molecule has 2 aromatic rings. The molecule has 22 heavy (non-hydrogen) atoms. The molecule has 0 spiro atoms. The number of rotatable bonds is 2. The first kappa shape index (κ1) is 15.7. The number of hydrogen-bond acceptors (Lipinski definition) is 5. The summed E-state index contributed by atoms with van der Waals surface area (Å²) in [6.45, 7) is 5.35. The van der Waals surface area contributed by atoms with Crippen LogP contribution in [-0.2, 0) is 11.8 Å². The average molecular weight is 304 g/mol. The summed E-state index contributed by atoms with van der Waals surface area (Å²) >= 11 is 0. The van der Waals surface area contributed by atoms with E-state index in [-0.39, 0.29) is 5.75 Å². The van der Waals surface area contributed by atoms with Crippen molar-refractivity contribution >= 4 is 17.6 Å². The third kappa shape index (κ3) is 3.69. The Morgan fingerprint density at radius 2 is 2.05 bits per heavy atom. The normalized spacial score (nSPS) is 11.3. The van der Waals surface area contributed by atoms with Gasteiger partial charge in [0.2, 0.25) is 0 Å². The van der Waals surface area contributed by atoms with E-state index in [0.717, 1.165) is 0 Å². The standard InChI is InChI=1S/C15H20N4O3/c1-15(2,3)22-14(21)17-9-5-6-12(20)10(7-9)11-8-13(16)19(4)18-11/h5-8,20H,16H2,1-4H3,(H,17,21). The first-order chi connectivity index (χ1) is 10.2. The first-order valence-corrected chi connectivity index (χ1v) is 6.78. The Hall–Kier alpha value is -2.70. The van der Waals surface area contributed by atoms with E-state index in [4.69, 9.17) is 10.5 Å². The molecule has 7 heteroatoms. The molecular weight excluding hydrogens is 284 g/mol. The maximum atomic E-state index is 11.8. The van der Waals surface area contributed by atoms with Gasteiger partial charge in [-0.3, -0.25) is 10.00 Å². The molecule has 0 unspecified atom stereocenters. The van der Waals surface area contributed by atoms with Crippen LogP contribution in [-0.4, -0.2) is 26.6 Å². The Balaban J connectivity index is 2.25. The number of nitrogens with two attached hydrogens (primary N) is 1. The second-order valence-corrected chi connectivity index (χ2v) is 5.94. The van der Waals surface area contributed by atoms with Crippen LogP contribution >= 0.6 is 0 Å². The zero-order chi connectivity index (χ0) is 16.5. The van der Waals surface area contributed by atoms with Gasteiger partial charge in [0.15, 0.2) is 0 Å². The molecular formula is C15H20N4O3. The van der Waals surface area contributed by atoms with Crippen LogP contribution in [0.1, 0.15) is 20.8 Å². The Morgan fingerprint density at radius 3 is 2.59 bits per heavy atom. The Bertz CT molecular complexity index is 682. The van der Waals surface area contributed by atoms with Gasteiger partial charge in [0.1, 0.15) is 17.2 Å². The summed E-state index contributed by atoms with van der Waals surface area (Å²) in [4.78, 5) is 11.8. The summed E-state index contributed by atoms with van der Waals surface area (Å²) < 4.78 is 6.69. The molecule has 0 saturated carbocycles. The van der Waals surface area contributed by atoms with Gasteiger partial charge in [-0.1, -0.05) is 0 Å². The minimum atomic E-state index is -0.584. The number of carbonyl (C=O) groups excluding carboxylic acids is 1. The van der Waals surface area contributed by atoms with E-state index in [2.05, 4.69) is 10.4 Å². The van der Waals surface area contributed by atoms with Gasteiger partial charge in [-0.2, -0.15) is 5.10 Å². The molecule has 1 heterocycles. The molecule has 0 radical (unpaired) electrons. The summed E-state index contributed by atoms with van der Waals surface area (Å²) in [5, 5.41) is 16.8. The number of phenolic OH excluding ortho intramolecular Hbond substituents is 1. The fourth-order valence-corrected chi connectivity index (χ4v) is 1.85. The number of benzene rings is 1. The molecule has 1 aromatic carbocycles. The fraction of sp³-hybridized carbons (Fsp3) is 0.333. The van der Waals surface area contributed by atoms with Crippen molar-refractivity contribution in [2.45, 2.75) is 26.4 Å². The molecule has 0 fully saturated rings. The number of aromatic nitrogens is 2. The van der Waals surface area contributed by atoms with Gasteiger partial charge in [-0.15, -0.1) is 0 Å². The van der Waals surface area contributed by atoms with E-state index in [1.807, 2.05) is 0 Å². The first-order valence-electron chi connectivity index (χ1n) is 6.78. The third-order valence-electron chi connectivity index (χ3n) is 2.83. The van der Waals surface area contributed by atoms with Crippen LogP contribution in [0.5, 0.6) is 5.75 Å². The van der Waals surface area contributed by atoms with Gasteiger partial charge in [-0.05, 0) is 39.0 Å². The molecule has 4 N–H and O–H groups in total. The molecule has 0 aliphatic carbocycles. The van der Waals surface area contributed by atoms with Crippen molar-refractivity contribution in [3.05, 3.63) is 24.3 Å². The maximum Gasteiger partial charge on any atom is 0.412 e. The number of aromatic hydroxyl groups is 1. The number of nitrogen functional groups attached to an aromatic ring is 1. The fourth-order valence-electron chi connectivity index (χ4n) is 1.85. The topological polar surface area (TPSA) is 102 Å². The van der Waals surface area contributed by atoms with Crippen LogP contribution in [0, 0.1) is 0 Å². The summed E-state index contributed by atoms with van der Waals surface area (Å²) in [5.41, 5.74) is 6.65. The predicted molar refractivity (Wildman–Crippen MR) is 84.6 cm³/mol. The van der Waals surface area contributed by atoms with Gasteiger partial charge in [0.05, 0.1) is 5.69 Å². The van der Waals surface area contributed by atoms with Crippen LogP contribution < -0.4 is 11.1 Å². The number of nitrogens with zero attached hydrogens (tertiary/aromatic N) is 2. The average Bonchev–Trinajstić information content (AvgIpc) is 2.69. The van der Waals surface area contributed by atoms with Crippen molar-refractivity contribution in [3.63, 3.8) is 0 Å². The van der Waals surface area contributed by atoms with E-state index in [1.54, 1.807) is 46.0 Å². The summed E-state index contributed by atoms with van der Waals surface area (Å²) in [7, 11) is 1.71. The van der Waals surface area contributed by atoms with Crippen molar-refractivity contribution in [3.8, 4) is 17.0 Å². The number of anilines is 2. The third-order valence-corrected chi connectivity index (χ3v) is 2.83. The lowest BCUT2D eigenvalue weighted by atomic mass is 10.1. The zero-order valence-corrected chi connectivity index (χ0v) is 13.0. The predicted octanol–water partition coefficient (Wildman–Crippen LogP) is 2.72. The van der Waals surface area contributed by atoms with Crippen LogP contribution in [0.3, 0.4) is 0 Å². The highest BCUT2D eigenvalue weighted by Gasteiger charge is 2.17. The smallest absolute Gasteiger partial charge is 0.412 e. The van der Waals surface area contributed by atoms with Gasteiger partial charge in [0.25, 0.3) is 0 Å². The highest BCUT2D eigenvalue weighted by molar-refractivity contribution is 5.87. The maximum absolute atomic E-state index is 11.8. The van der Waals surface area contributed by atoms with Crippen molar-refractivity contribution < 1.29 is 14.6 Å². The number of nitrogens with one attached hydrogen (secondary N) is 1. The molecule has 0 aliphatic rings. The number of ether oxygens (including phenoxy) is 1. The number of aryl methyl sites for hydroxylation is 1. The van der Waals surface area contributed by atoms with E-state index in [9.17, 15) is 9.90 Å². The molecule has 118 valence electrons. The second kappa shape index (κ2) is 5.59. The minimum Gasteiger partial charge on any atom is -0.507 e. The number of amides is 1. The number of carbonyl (C=O) groups is 1. The Morgan fingerprint density at radius 1 is 1.36 bits per heavy atom. The SMILES string of the molecule is Cn1nc(-c2cc(NC(=O)OC(C)(C)C)ccc2O)cc1N. The van der Waals surface area contributed by atoms with Gasteiger partial charge < -0.3 is 15.6 Å². The molecule has 0 atom stereocenters. The Labute approximate surface area is 128 Å². The van der Waals surface area contributed by atoms with Crippen molar-refractivity contribution in [1.82, 2.24) is 9.78 Å². The number of phenols is 1. The van der Waals surface area contributed by atoms with Crippen molar-refractivity contribution in [2.75, 3.05) is 11.1 Å². The highest BCUT2D eigenvalue weighted by atomic mass is 16.6. The highest BCUT2D eigenvalue weighted by Crippen LogP contribution is 2.31. The number of hydrogen-bond donors (Lipinski definition) is 3. The molecule has 7 nitrogen and oxygen atoms in total. The molecule has 2 rings (SSSR count). The van der Waals surface area contributed by atoms with Crippen LogP contribution in [0.2, 0.25) is 0 Å². The Kier molecular flexibility index (Phi) is 3.99. The molecule has 1 amide bonds. The van der Waals surface area contributed by atoms with E-state index in [0.29, 0.717) is 22.8 Å². The van der Waals surface area contributed by atoms with Crippen LogP contribution in [0.25, 0.3) is 11.3 Å². The van der Waals surface area contributed by atoms with Gasteiger partial charge in [-0.25, -0.2) is 4.79 Å². The minimum absolute atomic E-state index is 0.0489. The van der Waals surface area contributed by atoms with Gasteiger partial charge in [0, 0.05) is 24.4 Å². The molecule has 0 saturated heterocycles. The monoisotopic (exact) mass is 304 g/mol. The molecule has 0 aliphatic heterocycles. The van der Waals surface area contributed by atoms with Crippen molar-refractivity contribution in [2.24, 2.45) is 7.05 Å². The lowest BCUT2D eigenvalue weighted by Gasteiger charge is -2.19. The van der Waals surface area contributed by atoms with Crippen LogP contribution in [0.4, 0.5) is 16.3 Å². The molecule has 0 bridgehead atoms. The molecule has 1 aromatic heterocycles. The van der Waals surface area contributed by atoms with E-state index >= 15 is 0 Å². The quantitative estimate of drug-likeness (QED) is 0.740. The second-order valence-electron chi connectivity index (χ2n) is 5.94. The zero-order valence-electron chi connectivity index (χ0n) is 13.0.